The lowest BCUT2D eigenvalue weighted by atomic mass is 9.45. The van der Waals surface area contributed by atoms with Gasteiger partial charge in [0.25, 0.3) is 0 Å². The molecule has 10 heteroatoms. The number of carbonyl (C=O) groups excluding carboxylic acids is 2. The van der Waals surface area contributed by atoms with Crippen LogP contribution < -0.4 is 5.73 Å². The molecule has 1 heterocycles. The van der Waals surface area contributed by atoms with Gasteiger partial charge in [-0.05, 0) is 110 Å². The molecule has 5 aliphatic carbocycles. The molecule has 4 saturated carbocycles. The molecule has 0 amide bonds. The van der Waals surface area contributed by atoms with E-state index in [1.165, 1.54) is 11.6 Å². The van der Waals surface area contributed by atoms with Crippen LogP contribution in [-0.2, 0) is 20.7 Å². The van der Waals surface area contributed by atoms with Gasteiger partial charge in [-0.2, -0.15) is 5.10 Å². The average molecular weight is 616 g/mol. The van der Waals surface area contributed by atoms with Gasteiger partial charge in [-0.15, -0.1) is 0 Å². The maximum atomic E-state index is 13.6. The molecule has 6 rings (SSSR count). The van der Waals surface area contributed by atoms with E-state index in [4.69, 9.17) is 22.1 Å². The molecule has 7 atom stereocenters. The van der Waals surface area contributed by atoms with E-state index in [9.17, 15) is 19.1 Å². The monoisotopic (exact) mass is 615 g/mol. The zero-order chi connectivity index (χ0) is 30.0. The van der Waals surface area contributed by atoms with E-state index in [-0.39, 0.29) is 35.1 Å². The first kappa shape index (κ1) is 29.7. The fourth-order valence-electron chi connectivity index (χ4n) is 8.97. The van der Waals surface area contributed by atoms with E-state index in [1.54, 1.807) is 16.8 Å². The van der Waals surface area contributed by atoms with Crippen molar-refractivity contribution in [3.8, 4) is 0 Å². The Morgan fingerprint density at radius 1 is 1.31 bits per heavy atom. The minimum atomic E-state index is -1.41. The Labute approximate surface area is 255 Å². The number of thioether (sulfide) groups is 1. The van der Waals surface area contributed by atoms with Gasteiger partial charge in [0, 0.05) is 10.4 Å². The molecule has 7 nitrogen and oxygen atoms in total. The zero-order valence-electron chi connectivity index (χ0n) is 24.2. The molecule has 0 aliphatic heterocycles. The highest BCUT2D eigenvalue weighted by Crippen LogP contribution is 2.69. The van der Waals surface area contributed by atoms with Crippen LogP contribution in [0.15, 0.2) is 41.6 Å². The average Bonchev–Trinajstić information content (AvgIpc) is 3.67. The molecule has 0 saturated heterocycles. The summed E-state index contributed by atoms with van der Waals surface area (Å²) in [5, 5.41) is 16.6. The van der Waals surface area contributed by atoms with Gasteiger partial charge in [-0.3, -0.25) is 9.59 Å². The van der Waals surface area contributed by atoms with Crippen molar-refractivity contribution in [1.29, 1.82) is 0 Å². The van der Waals surface area contributed by atoms with Gasteiger partial charge in [-0.1, -0.05) is 43.7 Å². The maximum Gasteiger partial charge on any atom is 0.309 e. The van der Waals surface area contributed by atoms with Crippen molar-refractivity contribution < 1.29 is 23.8 Å². The Bertz CT molecular complexity index is 1420. The number of hydrogen-bond donors (Lipinski definition) is 2. The van der Waals surface area contributed by atoms with Crippen LogP contribution in [0.5, 0.6) is 0 Å². The zero-order valence-corrected chi connectivity index (χ0v) is 25.7. The highest BCUT2D eigenvalue weighted by molar-refractivity contribution is 8.13. The summed E-state index contributed by atoms with van der Waals surface area (Å²) < 4.78 is 21.3. The first-order chi connectivity index (χ1) is 20.0. The number of nitrogens with two attached hydrogens (primary N) is 1. The third-order valence-corrected chi connectivity index (χ3v) is 12.1. The number of fused-ring (bicyclic) bond motifs is 6. The largest absolute Gasteiger partial charge is 0.449 e. The van der Waals surface area contributed by atoms with E-state index in [0.717, 1.165) is 36.9 Å². The Kier molecular flexibility index (Phi) is 7.54. The quantitative estimate of drug-likeness (QED) is 0.287. The van der Waals surface area contributed by atoms with E-state index in [0.29, 0.717) is 48.3 Å². The molecule has 1 aromatic heterocycles. The number of esters is 1. The van der Waals surface area contributed by atoms with Gasteiger partial charge in [0.2, 0.25) is 5.12 Å². The van der Waals surface area contributed by atoms with Crippen LogP contribution in [-0.4, -0.2) is 43.7 Å². The lowest BCUT2D eigenvalue weighted by molar-refractivity contribution is -0.197. The Morgan fingerprint density at radius 2 is 2.07 bits per heavy atom. The van der Waals surface area contributed by atoms with Crippen molar-refractivity contribution >= 4 is 46.3 Å². The normalized spacial score (nSPS) is 37.6. The van der Waals surface area contributed by atoms with Crippen LogP contribution in [0.2, 0.25) is 0 Å². The van der Waals surface area contributed by atoms with Crippen molar-refractivity contribution in [1.82, 2.24) is 9.78 Å². The lowest BCUT2D eigenvalue weighted by Gasteiger charge is -2.60. The van der Waals surface area contributed by atoms with E-state index < -0.39 is 28.2 Å². The molecule has 0 radical (unpaired) electrons. The van der Waals surface area contributed by atoms with Gasteiger partial charge in [-0.25, -0.2) is 9.07 Å². The molecule has 0 aromatic carbocycles. The van der Waals surface area contributed by atoms with Crippen molar-refractivity contribution in [3.63, 3.8) is 0 Å². The first-order valence-corrected chi connectivity index (χ1v) is 16.2. The number of carbonyl (C=O) groups is 2. The summed E-state index contributed by atoms with van der Waals surface area (Å²) in [4.78, 5) is 26.5. The summed E-state index contributed by atoms with van der Waals surface area (Å²) in [6, 6.07) is -0.865. The highest BCUT2D eigenvalue weighted by Gasteiger charge is 2.71. The number of ether oxygens (including phenoxy) is 1. The maximum absolute atomic E-state index is 13.6. The number of nitrogens with zero attached hydrogens (tertiary/aromatic N) is 2. The molecular formula is C32H39ClFN3O4S. The van der Waals surface area contributed by atoms with Crippen LogP contribution in [0.25, 0.3) is 11.9 Å². The summed E-state index contributed by atoms with van der Waals surface area (Å²) >= 11 is 6.65. The highest BCUT2D eigenvalue weighted by atomic mass is 35.5. The summed E-state index contributed by atoms with van der Waals surface area (Å²) in [6.45, 7) is 7.90. The molecule has 5 unspecified atom stereocenters. The van der Waals surface area contributed by atoms with Crippen LogP contribution in [0, 0.1) is 34.5 Å². The molecule has 0 spiro atoms. The smallest absolute Gasteiger partial charge is 0.309 e. The van der Waals surface area contributed by atoms with Crippen molar-refractivity contribution in [2.75, 3.05) is 6.01 Å². The number of allylic oxidation sites excluding steroid dienone is 5. The molecule has 5 aliphatic rings. The van der Waals surface area contributed by atoms with Gasteiger partial charge < -0.3 is 15.6 Å². The Balaban J connectivity index is 1.33. The van der Waals surface area contributed by atoms with E-state index >= 15 is 0 Å². The first-order valence-electron chi connectivity index (χ1n) is 14.9. The number of aromatic nitrogens is 2. The SMILES string of the molecule is C=C/C(Cl)=C\C=C(/N)n1ncc2c1C=C1CCC3[C@H](C(O)CC4(C)[C@H]3CCC4(OC(=O)C3CC3)C(=O)SCF)C1(C)C2. The molecule has 42 heavy (non-hydrogen) atoms. The van der Waals surface area contributed by atoms with Gasteiger partial charge in [0.05, 0.1) is 23.9 Å². The fraction of sp³-hybridized carbons (Fsp3) is 0.594. The summed E-state index contributed by atoms with van der Waals surface area (Å²) in [5.74, 6) is 0.0923. The Morgan fingerprint density at radius 3 is 2.76 bits per heavy atom. The van der Waals surface area contributed by atoms with Gasteiger partial charge >= 0.3 is 5.97 Å². The van der Waals surface area contributed by atoms with E-state index in [1.807, 2.05) is 13.1 Å². The predicted octanol–water partition coefficient (Wildman–Crippen LogP) is 5.98. The van der Waals surface area contributed by atoms with Crippen LogP contribution in [0.3, 0.4) is 0 Å². The van der Waals surface area contributed by atoms with Crippen molar-refractivity contribution in [3.05, 3.63) is 52.9 Å². The van der Waals surface area contributed by atoms with E-state index in [2.05, 4.69) is 24.7 Å². The Hall–Kier alpha value is -2.36. The third kappa shape index (κ3) is 4.44. The summed E-state index contributed by atoms with van der Waals surface area (Å²) in [6.07, 6.45) is 13.6. The third-order valence-electron chi connectivity index (χ3n) is 11.1. The molecule has 3 N–H and O–H groups in total. The number of hydrogen-bond acceptors (Lipinski definition) is 7. The van der Waals surface area contributed by atoms with Crippen LogP contribution >= 0.6 is 23.4 Å². The molecule has 0 bridgehead atoms. The minimum absolute atomic E-state index is 0.0341. The number of rotatable bonds is 7. The summed E-state index contributed by atoms with van der Waals surface area (Å²) in [7, 11) is 0. The van der Waals surface area contributed by atoms with Gasteiger partial charge in [0.15, 0.2) is 5.60 Å². The molecule has 1 aromatic rings. The predicted molar refractivity (Wildman–Crippen MR) is 162 cm³/mol. The van der Waals surface area contributed by atoms with Crippen molar-refractivity contribution in [2.45, 2.75) is 76.9 Å². The lowest BCUT2D eigenvalue weighted by Crippen LogP contribution is -2.62. The topological polar surface area (TPSA) is 107 Å². The fourth-order valence-corrected chi connectivity index (χ4v) is 9.74. The standard InChI is InChI=1S/C32H39ClFN3O4S/c1-4-21(33)8-10-26(35)37-24-13-20-7-9-22-23-11-12-32(29(40)42-17-34,41-28(39)18-5-6-18)31(23,3)15-25(38)27(22)30(20,2)14-19(24)16-36-37/h4,8,10,13,16,18,22-23,25,27,38H,1,5-7,9,11-12,14-15,17,35H2,2-3H3/b21-8+,26-10+/t22?,23-,25?,27+,30?,31?,32?/m0/s1. The molecule has 4 fully saturated rings. The number of aliphatic hydroxyl groups is 1. The second-order valence-corrected chi connectivity index (χ2v) is 14.5. The van der Waals surface area contributed by atoms with Crippen molar-refractivity contribution in [2.24, 2.45) is 40.2 Å². The number of halogens is 2. The van der Waals surface area contributed by atoms with Crippen LogP contribution in [0.4, 0.5) is 4.39 Å². The van der Waals surface area contributed by atoms with Gasteiger partial charge in [0.1, 0.15) is 11.8 Å². The molecular weight excluding hydrogens is 577 g/mol. The summed E-state index contributed by atoms with van der Waals surface area (Å²) in [5.41, 5.74) is 7.15. The number of alkyl halides is 1. The number of aliphatic hydroxyl groups excluding tert-OH is 1. The van der Waals surface area contributed by atoms with Crippen LogP contribution in [0.1, 0.15) is 70.1 Å². The second-order valence-electron chi connectivity index (χ2n) is 13.2. The second kappa shape index (κ2) is 10.7. The minimum Gasteiger partial charge on any atom is -0.449 e. The molecule has 226 valence electrons.